The average molecular weight is 191 g/mol. The molecule has 0 fully saturated rings. The van der Waals surface area contributed by atoms with E-state index in [1.165, 1.54) is 0 Å². The molecule has 1 unspecified atom stereocenters. The van der Waals surface area contributed by atoms with E-state index in [0.717, 1.165) is 11.8 Å². The zero-order valence-corrected chi connectivity index (χ0v) is 8.73. The molecule has 1 atom stereocenters. The molecule has 2 heteroatoms. The molecule has 1 aromatic carbocycles. The minimum atomic E-state index is -0.304. The van der Waals surface area contributed by atoms with Gasteiger partial charge in [0.15, 0.2) is 0 Å². The Morgan fingerprint density at radius 2 is 1.93 bits per heavy atom. The number of nitrogens with two attached hydrogens (primary N) is 1. The largest absolute Gasteiger partial charge is 0.326 e. The van der Waals surface area contributed by atoms with Crippen LogP contribution in [0.4, 0.5) is 0 Å². The van der Waals surface area contributed by atoms with Gasteiger partial charge in [0, 0.05) is 11.5 Å². The van der Waals surface area contributed by atoms with Gasteiger partial charge in [0.1, 0.15) is 6.29 Å². The highest BCUT2D eigenvalue weighted by atomic mass is 16.1. The first kappa shape index (κ1) is 10.9. The summed E-state index contributed by atoms with van der Waals surface area (Å²) < 4.78 is 0. The lowest BCUT2D eigenvalue weighted by Gasteiger charge is -2.22. The lowest BCUT2D eigenvalue weighted by atomic mass is 9.87. The van der Waals surface area contributed by atoms with Gasteiger partial charge in [0.25, 0.3) is 0 Å². The molecule has 14 heavy (non-hydrogen) atoms. The second kappa shape index (κ2) is 4.38. The van der Waals surface area contributed by atoms with Gasteiger partial charge in [-0.1, -0.05) is 30.3 Å². The smallest absolute Gasteiger partial charge is 0.127 e. The molecule has 0 heterocycles. The van der Waals surface area contributed by atoms with E-state index in [0.29, 0.717) is 6.42 Å². The van der Waals surface area contributed by atoms with Gasteiger partial charge in [-0.15, -0.1) is 0 Å². The highest BCUT2D eigenvalue weighted by molar-refractivity contribution is 5.62. The predicted octanol–water partition coefficient (Wildman–Crippen LogP) is 2.10. The topological polar surface area (TPSA) is 43.1 Å². The van der Waals surface area contributed by atoms with Gasteiger partial charge in [-0.25, -0.2) is 0 Å². The van der Waals surface area contributed by atoms with Gasteiger partial charge in [-0.3, -0.25) is 0 Å². The SMILES string of the molecule is CC(C)(N)CC(C=O)c1ccccc1. The summed E-state index contributed by atoms with van der Waals surface area (Å²) in [7, 11) is 0. The summed E-state index contributed by atoms with van der Waals surface area (Å²) in [6.07, 6.45) is 1.66. The fourth-order valence-corrected chi connectivity index (χ4v) is 1.51. The van der Waals surface area contributed by atoms with Crippen LogP contribution < -0.4 is 5.73 Å². The minimum absolute atomic E-state index is 0.0869. The predicted molar refractivity (Wildman–Crippen MR) is 58.1 cm³/mol. The number of carbonyl (C=O) groups is 1. The summed E-state index contributed by atoms with van der Waals surface area (Å²) in [6, 6.07) is 9.75. The van der Waals surface area contributed by atoms with Crippen LogP contribution in [0.3, 0.4) is 0 Å². The standard InChI is InChI=1S/C12H17NO/c1-12(2,13)8-11(9-14)10-6-4-3-5-7-10/h3-7,9,11H,8,13H2,1-2H3. The summed E-state index contributed by atoms with van der Waals surface area (Å²) in [4.78, 5) is 10.9. The third-order valence-corrected chi connectivity index (χ3v) is 2.14. The molecule has 0 saturated carbocycles. The molecule has 2 nitrogen and oxygen atoms in total. The van der Waals surface area contributed by atoms with E-state index in [1.54, 1.807) is 0 Å². The fourth-order valence-electron chi connectivity index (χ4n) is 1.51. The van der Waals surface area contributed by atoms with E-state index < -0.39 is 0 Å². The fraction of sp³-hybridized carbons (Fsp3) is 0.417. The van der Waals surface area contributed by atoms with Crippen LogP contribution in [0.1, 0.15) is 31.7 Å². The van der Waals surface area contributed by atoms with Crippen LogP contribution in [-0.2, 0) is 4.79 Å². The highest BCUT2D eigenvalue weighted by Crippen LogP contribution is 2.22. The molecule has 2 N–H and O–H groups in total. The Hall–Kier alpha value is -1.15. The van der Waals surface area contributed by atoms with Gasteiger partial charge in [0.2, 0.25) is 0 Å². The molecular weight excluding hydrogens is 174 g/mol. The summed E-state index contributed by atoms with van der Waals surface area (Å²) in [6.45, 7) is 3.87. The van der Waals surface area contributed by atoms with Crippen molar-refractivity contribution in [3.05, 3.63) is 35.9 Å². The first-order valence-corrected chi connectivity index (χ1v) is 4.82. The Labute approximate surface area is 85.1 Å². The van der Waals surface area contributed by atoms with Crippen LogP contribution in [0.2, 0.25) is 0 Å². The molecule has 76 valence electrons. The third-order valence-electron chi connectivity index (χ3n) is 2.14. The van der Waals surface area contributed by atoms with Gasteiger partial charge in [-0.05, 0) is 25.8 Å². The first-order chi connectivity index (χ1) is 6.53. The van der Waals surface area contributed by atoms with E-state index in [9.17, 15) is 4.79 Å². The third kappa shape index (κ3) is 3.30. The van der Waals surface area contributed by atoms with Crippen molar-refractivity contribution in [3.8, 4) is 0 Å². The van der Waals surface area contributed by atoms with Crippen molar-refractivity contribution >= 4 is 6.29 Å². The monoisotopic (exact) mass is 191 g/mol. The lowest BCUT2D eigenvalue weighted by Crippen LogP contribution is -2.34. The van der Waals surface area contributed by atoms with Gasteiger partial charge in [-0.2, -0.15) is 0 Å². The maximum Gasteiger partial charge on any atom is 0.127 e. The van der Waals surface area contributed by atoms with Gasteiger partial charge in [0.05, 0.1) is 0 Å². The quantitative estimate of drug-likeness (QED) is 0.740. The van der Waals surface area contributed by atoms with E-state index in [1.807, 2.05) is 44.2 Å². The maximum absolute atomic E-state index is 10.9. The highest BCUT2D eigenvalue weighted by Gasteiger charge is 2.19. The van der Waals surface area contributed by atoms with Crippen LogP contribution in [0.25, 0.3) is 0 Å². The molecule has 0 radical (unpaired) electrons. The summed E-state index contributed by atoms with van der Waals surface area (Å²) in [5.74, 6) is -0.0869. The molecule has 0 aliphatic rings. The number of aldehydes is 1. The minimum Gasteiger partial charge on any atom is -0.326 e. The van der Waals surface area contributed by atoms with Crippen molar-refractivity contribution in [3.63, 3.8) is 0 Å². The maximum atomic E-state index is 10.9. The van der Waals surface area contributed by atoms with Crippen molar-refractivity contribution in [1.82, 2.24) is 0 Å². The Kier molecular flexibility index (Phi) is 3.42. The number of benzene rings is 1. The normalized spacial score (nSPS) is 13.6. The molecule has 0 aliphatic heterocycles. The van der Waals surface area contributed by atoms with Crippen molar-refractivity contribution in [2.75, 3.05) is 0 Å². The molecule has 1 rings (SSSR count). The first-order valence-electron chi connectivity index (χ1n) is 4.82. The molecule has 0 amide bonds. The molecule has 0 saturated heterocycles. The molecule has 1 aromatic rings. The molecule has 0 spiro atoms. The second-order valence-electron chi connectivity index (χ2n) is 4.35. The average Bonchev–Trinajstić information content (AvgIpc) is 2.14. The van der Waals surface area contributed by atoms with Crippen LogP contribution in [0.15, 0.2) is 30.3 Å². The van der Waals surface area contributed by atoms with Crippen molar-refractivity contribution in [2.45, 2.75) is 31.7 Å². The van der Waals surface area contributed by atoms with Crippen LogP contribution in [-0.4, -0.2) is 11.8 Å². The summed E-state index contributed by atoms with van der Waals surface area (Å²) in [5, 5.41) is 0. The zero-order chi connectivity index (χ0) is 10.6. The number of carbonyl (C=O) groups excluding carboxylic acids is 1. The number of rotatable bonds is 4. The molecule has 0 bridgehead atoms. The lowest BCUT2D eigenvalue weighted by molar-refractivity contribution is -0.109. The molecule has 0 aromatic heterocycles. The van der Waals surface area contributed by atoms with Crippen LogP contribution in [0.5, 0.6) is 0 Å². The van der Waals surface area contributed by atoms with Crippen LogP contribution >= 0.6 is 0 Å². The van der Waals surface area contributed by atoms with E-state index in [-0.39, 0.29) is 11.5 Å². The summed E-state index contributed by atoms with van der Waals surface area (Å²) >= 11 is 0. The van der Waals surface area contributed by atoms with E-state index >= 15 is 0 Å². The van der Waals surface area contributed by atoms with E-state index in [2.05, 4.69) is 0 Å². The Morgan fingerprint density at radius 1 is 1.36 bits per heavy atom. The van der Waals surface area contributed by atoms with E-state index in [4.69, 9.17) is 5.73 Å². The number of hydrogen-bond acceptors (Lipinski definition) is 2. The van der Waals surface area contributed by atoms with Crippen molar-refractivity contribution in [1.29, 1.82) is 0 Å². The second-order valence-corrected chi connectivity index (χ2v) is 4.35. The van der Waals surface area contributed by atoms with Crippen LogP contribution in [0, 0.1) is 0 Å². The van der Waals surface area contributed by atoms with Gasteiger partial charge >= 0.3 is 0 Å². The zero-order valence-electron chi connectivity index (χ0n) is 8.73. The van der Waals surface area contributed by atoms with Crippen molar-refractivity contribution in [2.24, 2.45) is 5.73 Å². The van der Waals surface area contributed by atoms with Crippen molar-refractivity contribution < 1.29 is 4.79 Å². The Bertz CT molecular complexity index is 287. The Morgan fingerprint density at radius 3 is 2.36 bits per heavy atom. The number of hydrogen-bond donors (Lipinski definition) is 1. The van der Waals surface area contributed by atoms with Gasteiger partial charge < -0.3 is 10.5 Å². The molecule has 0 aliphatic carbocycles. The Balaban J connectivity index is 2.78. The summed E-state index contributed by atoms with van der Waals surface area (Å²) in [5.41, 5.74) is 6.63. The molecular formula is C12H17NO.